The molecular weight excluding hydrogens is 322 g/mol. The van der Waals surface area contributed by atoms with Crippen LogP contribution in [-0.2, 0) is 22.8 Å². The Morgan fingerprint density at radius 3 is 2.50 bits per heavy atom. The molecule has 0 radical (unpaired) electrons. The maximum atomic E-state index is 11.9. The number of aromatic nitrogens is 3. The van der Waals surface area contributed by atoms with Crippen molar-refractivity contribution in [3.63, 3.8) is 0 Å². The highest BCUT2D eigenvalue weighted by Gasteiger charge is 2.12. The van der Waals surface area contributed by atoms with Crippen LogP contribution >= 0.6 is 0 Å². The summed E-state index contributed by atoms with van der Waals surface area (Å²) in [5.74, 6) is 1.74. The predicted molar refractivity (Wildman–Crippen MR) is 99.1 cm³/mol. The SMILES string of the molecule is CCCCS(=O)(=O)CCCCCn1c(CC)nc2cncc(C)c21. The molecule has 0 fully saturated rings. The van der Waals surface area contributed by atoms with Gasteiger partial charge >= 0.3 is 0 Å². The maximum absolute atomic E-state index is 11.9. The molecule has 0 amide bonds. The molecule has 0 aliphatic heterocycles. The van der Waals surface area contributed by atoms with Gasteiger partial charge in [0.2, 0.25) is 0 Å². The summed E-state index contributed by atoms with van der Waals surface area (Å²) < 4.78 is 26.0. The number of unbranched alkanes of at least 4 members (excludes halogenated alkanes) is 3. The van der Waals surface area contributed by atoms with Gasteiger partial charge in [-0.2, -0.15) is 0 Å². The first-order valence-corrected chi connectivity index (χ1v) is 10.8. The Morgan fingerprint density at radius 1 is 1.04 bits per heavy atom. The van der Waals surface area contributed by atoms with E-state index in [0.29, 0.717) is 11.5 Å². The third-order valence-corrected chi connectivity index (χ3v) is 6.20. The van der Waals surface area contributed by atoms with Gasteiger partial charge in [0.1, 0.15) is 21.2 Å². The van der Waals surface area contributed by atoms with Gasteiger partial charge < -0.3 is 4.57 Å². The lowest BCUT2D eigenvalue weighted by molar-refractivity contribution is 0.572. The maximum Gasteiger partial charge on any atom is 0.150 e. The Kier molecular flexibility index (Phi) is 6.78. The fraction of sp³-hybridized carbons (Fsp3) is 0.667. The molecule has 134 valence electrons. The van der Waals surface area contributed by atoms with Crippen molar-refractivity contribution in [1.82, 2.24) is 14.5 Å². The fourth-order valence-electron chi connectivity index (χ4n) is 3.05. The lowest BCUT2D eigenvalue weighted by atomic mass is 10.2. The first-order valence-electron chi connectivity index (χ1n) is 8.98. The third-order valence-electron chi connectivity index (χ3n) is 4.37. The molecule has 5 nitrogen and oxygen atoms in total. The lowest BCUT2D eigenvalue weighted by Gasteiger charge is -2.09. The second-order valence-corrected chi connectivity index (χ2v) is 8.73. The molecule has 6 heteroatoms. The summed E-state index contributed by atoms with van der Waals surface area (Å²) in [5.41, 5.74) is 3.26. The van der Waals surface area contributed by atoms with Crippen molar-refractivity contribution >= 4 is 20.9 Å². The van der Waals surface area contributed by atoms with Crippen LogP contribution < -0.4 is 0 Å². The number of nitrogens with zero attached hydrogens (tertiary/aromatic N) is 3. The first kappa shape index (κ1) is 18.9. The van der Waals surface area contributed by atoms with E-state index in [9.17, 15) is 8.42 Å². The summed E-state index contributed by atoms with van der Waals surface area (Å²) in [6, 6.07) is 0. The van der Waals surface area contributed by atoms with Crippen LogP contribution in [0.4, 0.5) is 0 Å². The smallest absolute Gasteiger partial charge is 0.150 e. The third kappa shape index (κ3) is 4.79. The van der Waals surface area contributed by atoms with Crippen LogP contribution in [0.5, 0.6) is 0 Å². The minimum absolute atomic E-state index is 0.321. The molecule has 24 heavy (non-hydrogen) atoms. The zero-order valence-electron chi connectivity index (χ0n) is 15.1. The Morgan fingerprint density at radius 2 is 1.79 bits per heavy atom. The van der Waals surface area contributed by atoms with Crippen LogP contribution in [0.3, 0.4) is 0 Å². The van der Waals surface area contributed by atoms with Gasteiger partial charge in [0.25, 0.3) is 0 Å². The molecular formula is C18H29N3O2S. The monoisotopic (exact) mass is 351 g/mol. The van der Waals surface area contributed by atoms with E-state index in [0.717, 1.165) is 67.5 Å². The molecule has 0 aliphatic rings. The molecule has 0 unspecified atom stereocenters. The second-order valence-electron chi connectivity index (χ2n) is 6.42. The molecule has 0 saturated carbocycles. The molecule has 2 heterocycles. The average molecular weight is 352 g/mol. The van der Waals surface area contributed by atoms with E-state index in [2.05, 4.69) is 28.4 Å². The van der Waals surface area contributed by atoms with Crippen molar-refractivity contribution < 1.29 is 8.42 Å². The highest BCUT2D eigenvalue weighted by atomic mass is 32.2. The van der Waals surface area contributed by atoms with Gasteiger partial charge in [-0.25, -0.2) is 13.4 Å². The van der Waals surface area contributed by atoms with Crippen molar-refractivity contribution in [2.24, 2.45) is 0 Å². The molecule has 2 rings (SSSR count). The lowest BCUT2D eigenvalue weighted by Crippen LogP contribution is -2.11. The Hall–Kier alpha value is -1.43. The van der Waals surface area contributed by atoms with E-state index in [-0.39, 0.29) is 0 Å². The van der Waals surface area contributed by atoms with Crippen molar-refractivity contribution in [1.29, 1.82) is 0 Å². The first-order chi connectivity index (χ1) is 11.5. The van der Waals surface area contributed by atoms with Crippen molar-refractivity contribution in [2.75, 3.05) is 11.5 Å². The largest absolute Gasteiger partial charge is 0.328 e. The van der Waals surface area contributed by atoms with E-state index in [1.165, 1.54) is 0 Å². The van der Waals surface area contributed by atoms with Gasteiger partial charge in [-0.3, -0.25) is 4.98 Å². The van der Waals surface area contributed by atoms with Crippen molar-refractivity contribution in [3.8, 4) is 0 Å². The van der Waals surface area contributed by atoms with Gasteiger partial charge in [-0.1, -0.05) is 26.7 Å². The van der Waals surface area contributed by atoms with E-state index >= 15 is 0 Å². The van der Waals surface area contributed by atoms with Crippen LogP contribution in [0, 0.1) is 6.92 Å². The summed E-state index contributed by atoms with van der Waals surface area (Å²) in [7, 11) is -2.86. The number of imidazole rings is 1. The highest BCUT2D eigenvalue weighted by molar-refractivity contribution is 7.91. The fourth-order valence-corrected chi connectivity index (χ4v) is 4.63. The van der Waals surface area contributed by atoms with E-state index in [1.807, 2.05) is 19.3 Å². The van der Waals surface area contributed by atoms with E-state index in [4.69, 9.17) is 0 Å². The summed E-state index contributed by atoms with van der Waals surface area (Å²) >= 11 is 0. The molecule has 0 N–H and O–H groups in total. The van der Waals surface area contributed by atoms with Crippen LogP contribution in [-0.4, -0.2) is 34.5 Å². The van der Waals surface area contributed by atoms with Gasteiger partial charge in [0, 0.05) is 19.2 Å². The quantitative estimate of drug-likeness (QED) is 0.612. The molecule has 0 spiro atoms. The molecule has 0 aliphatic carbocycles. The standard InChI is InChI=1S/C18H29N3O2S/c1-4-6-11-24(22,23)12-9-7-8-10-21-17(5-2)20-16-14-19-13-15(3)18(16)21/h13-14H,4-12H2,1-3H3. The number of fused-ring (bicyclic) bond motifs is 1. The Bertz CT molecular complexity index is 766. The Balaban J connectivity index is 1.92. The highest BCUT2D eigenvalue weighted by Crippen LogP contribution is 2.20. The summed E-state index contributed by atoms with van der Waals surface area (Å²) in [6.07, 6.45) is 8.94. The number of rotatable bonds is 10. The second kappa shape index (κ2) is 8.60. The molecule has 0 saturated heterocycles. The van der Waals surface area contributed by atoms with Crippen molar-refractivity contribution in [2.45, 2.75) is 65.8 Å². The minimum Gasteiger partial charge on any atom is -0.328 e. The molecule has 2 aromatic heterocycles. The number of pyridine rings is 1. The van der Waals surface area contributed by atoms with Gasteiger partial charge in [-0.05, 0) is 31.7 Å². The van der Waals surface area contributed by atoms with Crippen LogP contribution in [0.25, 0.3) is 11.0 Å². The summed E-state index contributed by atoms with van der Waals surface area (Å²) in [4.78, 5) is 8.89. The number of sulfone groups is 1. The normalized spacial score (nSPS) is 12.1. The molecule has 0 aromatic carbocycles. The van der Waals surface area contributed by atoms with Gasteiger partial charge in [-0.15, -0.1) is 0 Å². The Labute approximate surface area is 145 Å². The van der Waals surface area contributed by atoms with Gasteiger partial charge in [0.05, 0.1) is 23.2 Å². The predicted octanol–water partition coefficient (Wildman–Crippen LogP) is 3.69. The van der Waals surface area contributed by atoms with Crippen LogP contribution in [0.1, 0.15) is 57.3 Å². The van der Waals surface area contributed by atoms with Crippen molar-refractivity contribution in [3.05, 3.63) is 23.8 Å². The zero-order chi connectivity index (χ0) is 17.6. The number of aryl methyl sites for hydroxylation is 3. The minimum atomic E-state index is -2.86. The number of hydrogen-bond acceptors (Lipinski definition) is 4. The number of hydrogen-bond donors (Lipinski definition) is 0. The molecule has 0 bridgehead atoms. The van der Waals surface area contributed by atoms with Crippen LogP contribution in [0.15, 0.2) is 12.4 Å². The molecule has 0 atom stereocenters. The topological polar surface area (TPSA) is 64.8 Å². The van der Waals surface area contributed by atoms with E-state index in [1.54, 1.807) is 0 Å². The summed E-state index contributed by atoms with van der Waals surface area (Å²) in [5, 5.41) is 0. The van der Waals surface area contributed by atoms with Crippen LogP contribution in [0.2, 0.25) is 0 Å². The van der Waals surface area contributed by atoms with E-state index < -0.39 is 9.84 Å². The molecule has 2 aromatic rings. The summed E-state index contributed by atoms with van der Waals surface area (Å²) in [6.45, 7) is 7.08. The van der Waals surface area contributed by atoms with Gasteiger partial charge in [0.15, 0.2) is 0 Å². The average Bonchev–Trinajstić information content (AvgIpc) is 2.92. The zero-order valence-corrected chi connectivity index (χ0v) is 15.9.